The van der Waals surface area contributed by atoms with E-state index in [1.165, 1.54) is 64.2 Å². The van der Waals surface area contributed by atoms with Crippen LogP contribution in [0.2, 0.25) is 36.3 Å². The molecule has 0 aromatic heterocycles. The van der Waals surface area contributed by atoms with Gasteiger partial charge in [0.2, 0.25) is 0 Å². The Morgan fingerprint density at radius 2 is 1.22 bits per heavy atom. The van der Waals surface area contributed by atoms with Crippen molar-refractivity contribution in [3.8, 4) is 11.8 Å². The summed E-state index contributed by atoms with van der Waals surface area (Å²) in [4.78, 5) is 12.3. The van der Waals surface area contributed by atoms with E-state index >= 15 is 0 Å². The fourth-order valence-corrected chi connectivity index (χ4v) is 10.9. The fraction of sp³-hybridized carbons (Fsp3) is 0.898. The van der Waals surface area contributed by atoms with Crippen LogP contribution in [0.15, 0.2) is 11.6 Å². The Hall–Kier alpha value is -0.996. The molecule has 0 unspecified atom stereocenters. The van der Waals surface area contributed by atoms with Crippen molar-refractivity contribution in [2.45, 2.75) is 282 Å². The van der Waals surface area contributed by atoms with Crippen molar-refractivity contribution >= 4 is 22.6 Å². The second-order valence-electron chi connectivity index (χ2n) is 21.2. The molecule has 9 heteroatoms. The molecule has 1 N–H and O–H groups in total. The predicted octanol–water partition coefficient (Wildman–Crippen LogP) is 13.1. The highest BCUT2D eigenvalue weighted by molar-refractivity contribution is 6.74. The van der Waals surface area contributed by atoms with Gasteiger partial charge in [-0.15, -0.1) is 5.92 Å². The van der Waals surface area contributed by atoms with Crippen LogP contribution < -0.4 is 0 Å². The summed E-state index contributed by atoms with van der Waals surface area (Å²) in [7, 11) is -3.89. The zero-order valence-corrected chi connectivity index (χ0v) is 41.6. The molecular weight excluding hydrogens is 757 g/mol. The molecule has 0 aliphatic carbocycles. The van der Waals surface area contributed by atoms with Crippen molar-refractivity contribution < 1.29 is 33.0 Å². The lowest BCUT2D eigenvalue weighted by molar-refractivity contribution is -0.139. The normalized spacial score (nSPS) is 24.7. The molecule has 2 saturated heterocycles. The molecule has 3 aliphatic rings. The summed E-state index contributed by atoms with van der Waals surface area (Å²) >= 11 is 0. The van der Waals surface area contributed by atoms with Gasteiger partial charge in [-0.2, -0.15) is 0 Å². The van der Waals surface area contributed by atoms with Crippen LogP contribution in [0.3, 0.4) is 0 Å². The van der Waals surface area contributed by atoms with Gasteiger partial charge < -0.3 is 28.2 Å². The summed E-state index contributed by atoms with van der Waals surface area (Å²) in [6, 6.07) is 0. The summed E-state index contributed by atoms with van der Waals surface area (Å²) in [5.74, 6) is 6.19. The number of carbonyl (C=O) groups excluding carboxylic acids is 1. The summed E-state index contributed by atoms with van der Waals surface area (Å²) in [6.45, 7) is 27.3. The Morgan fingerprint density at radius 3 is 1.78 bits per heavy atom. The Balaban J connectivity index is 1.35. The van der Waals surface area contributed by atoms with E-state index in [9.17, 15) is 9.90 Å². The maximum Gasteiger partial charge on any atom is 0.334 e. The maximum atomic E-state index is 12.3. The predicted molar refractivity (Wildman–Crippen MR) is 246 cm³/mol. The largest absolute Gasteiger partial charge is 0.455 e. The van der Waals surface area contributed by atoms with Gasteiger partial charge in [-0.1, -0.05) is 138 Å². The van der Waals surface area contributed by atoms with E-state index in [0.717, 1.165) is 76.2 Å². The third kappa shape index (κ3) is 17.4. The Labute approximate surface area is 359 Å². The SMILES string of the molecule is CCCCCCCCCC[C@@H](O[Si](C)(C)C(C)(C)C)[C@H]1CC[C@@H]([C@@H]2CC[C@H]([C@@H](O)C#CCCCCCCCC[C@H](CC3=C[C@H](C)OC3=O)O[Si](C)(C)C(C)(C)C)O2)O1. The van der Waals surface area contributed by atoms with Crippen molar-refractivity contribution in [1.82, 2.24) is 0 Å². The van der Waals surface area contributed by atoms with E-state index < -0.39 is 22.7 Å². The molecule has 336 valence electrons. The van der Waals surface area contributed by atoms with Gasteiger partial charge >= 0.3 is 5.97 Å². The first-order chi connectivity index (χ1) is 27.2. The quantitative estimate of drug-likeness (QED) is 0.0402. The third-order valence-corrected chi connectivity index (χ3v) is 23.0. The number of carbonyl (C=O) groups is 1. The van der Waals surface area contributed by atoms with Gasteiger partial charge in [-0.25, -0.2) is 4.79 Å². The molecule has 0 amide bonds. The number of hydrogen-bond acceptors (Lipinski definition) is 7. The molecule has 3 rings (SSSR count). The highest BCUT2D eigenvalue weighted by Crippen LogP contribution is 2.42. The van der Waals surface area contributed by atoms with E-state index in [4.69, 9.17) is 23.1 Å². The molecule has 0 aromatic carbocycles. The Kier molecular flexibility index (Phi) is 21.8. The van der Waals surface area contributed by atoms with Gasteiger partial charge in [0.25, 0.3) is 0 Å². The molecule has 3 aliphatic heterocycles. The number of hydrogen-bond donors (Lipinski definition) is 1. The molecular formula is C49H90O7Si2. The molecule has 0 radical (unpaired) electrons. The Morgan fingerprint density at radius 1 is 0.724 bits per heavy atom. The molecule has 0 bridgehead atoms. The second-order valence-corrected chi connectivity index (χ2v) is 30.7. The first-order valence-electron chi connectivity index (χ1n) is 24.0. The average Bonchev–Trinajstić information content (AvgIpc) is 3.89. The van der Waals surface area contributed by atoms with E-state index in [2.05, 4.69) is 86.5 Å². The topological polar surface area (TPSA) is 83.5 Å². The van der Waals surface area contributed by atoms with Crippen molar-refractivity contribution in [2.75, 3.05) is 0 Å². The van der Waals surface area contributed by atoms with Gasteiger partial charge in [-0.05, 0) is 94.2 Å². The number of aliphatic hydroxyl groups excluding tert-OH is 1. The van der Waals surface area contributed by atoms with Gasteiger partial charge in [0.05, 0.1) is 30.5 Å². The highest BCUT2D eigenvalue weighted by Gasteiger charge is 2.45. The van der Waals surface area contributed by atoms with Crippen molar-refractivity contribution in [2.24, 2.45) is 0 Å². The van der Waals surface area contributed by atoms with Crippen LogP contribution in [0.25, 0.3) is 0 Å². The van der Waals surface area contributed by atoms with Gasteiger partial charge in [0.15, 0.2) is 16.6 Å². The lowest BCUT2D eigenvalue weighted by atomic mass is 10.0. The smallest absolute Gasteiger partial charge is 0.334 e. The summed E-state index contributed by atoms with van der Waals surface area (Å²) in [5.41, 5.74) is 0.777. The number of ether oxygens (including phenoxy) is 3. The van der Waals surface area contributed by atoms with E-state index in [0.29, 0.717) is 6.42 Å². The van der Waals surface area contributed by atoms with E-state index in [1.807, 2.05) is 13.0 Å². The van der Waals surface area contributed by atoms with Crippen LogP contribution in [0, 0.1) is 11.8 Å². The van der Waals surface area contributed by atoms with E-state index in [-0.39, 0.29) is 58.8 Å². The molecule has 0 aromatic rings. The zero-order valence-electron chi connectivity index (χ0n) is 39.6. The van der Waals surface area contributed by atoms with Crippen LogP contribution in [0.4, 0.5) is 0 Å². The standard InChI is InChI=1S/C49H90O7Si2/c1-13-14-15-16-17-22-25-28-31-46(56-58(11,12)49(6,7)8)45-35-34-44(54-45)43-33-32-42(53-43)41(50)30-27-24-21-19-18-20-23-26-29-40(55-57(9,10)48(3,4)5)37-39-36-38(2)52-47(39)51/h36,38,40-46,50H,13-26,28-29,31-35,37H2,1-12H3/t38-,40+,41-,42+,43-,44-,45+,46+/m0/s1. The third-order valence-electron chi connectivity index (χ3n) is 14.0. The number of rotatable bonds is 26. The zero-order chi connectivity index (χ0) is 43.0. The van der Waals surface area contributed by atoms with Crippen LogP contribution >= 0.6 is 0 Å². The Bertz CT molecular complexity index is 1290. The number of esters is 1. The van der Waals surface area contributed by atoms with Crippen molar-refractivity contribution in [3.05, 3.63) is 11.6 Å². The van der Waals surface area contributed by atoms with Gasteiger partial charge in [-0.3, -0.25) is 0 Å². The second kappa shape index (κ2) is 24.6. The molecule has 3 heterocycles. The summed E-state index contributed by atoms with van der Waals surface area (Å²) in [5, 5.41) is 11.2. The van der Waals surface area contributed by atoms with Crippen LogP contribution in [0.5, 0.6) is 0 Å². The van der Waals surface area contributed by atoms with Crippen LogP contribution in [-0.2, 0) is 27.9 Å². The monoisotopic (exact) mass is 847 g/mol. The molecule has 8 atom stereocenters. The average molecular weight is 847 g/mol. The lowest BCUT2D eigenvalue weighted by Crippen LogP contribution is -2.47. The summed E-state index contributed by atoms with van der Waals surface area (Å²) in [6.07, 6.45) is 25.9. The lowest BCUT2D eigenvalue weighted by Gasteiger charge is -2.41. The number of aliphatic hydroxyl groups is 1. The minimum Gasteiger partial charge on any atom is -0.455 e. The highest BCUT2D eigenvalue weighted by atomic mass is 28.4. The van der Waals surface area contributed by atoms with Crippen LogP contribution in [0.1, 0.15) is 197 Å². The van der Waals surface area contributed by atoms with Gasteiger partial charge in [0, 0.05) is 24.5 Å². The minimum absolute atomic E-state index is 0.0250. The number of cyclic esters (lactones) is 1. The molecule has 2 fully saturated rings. The minimum atomic E-state index is -1.95. The number of unbranched alkanes of at least 4 members (excludes halogenated alkanes) is 13. The maximum absolute atomic E-state index is 12.3. The fourth-order valence-electron chi connectivity index (χ4n) is 8.17. The van der Waals surface area contributed by atoms with Crippen molar-refractivity contribution in [3.63, 3.8) is 0 Å². The molecule has 58 heavy (non-hydrogen) atoms. The molecule has 0 spiro atoms. The molecule has 7 nitrogen and oxygen atoms in total. The van der Waals surface area contributed by atoms with Crippen LogP contribution in [-0.4, -0.2) is 76.5 Å². The van der Waals surface area contributed by atoms with Crippen molar-refractivity contribution in [1.29, 1.82) is 0 Å². The summed E-state index contributed by atoms with van der Waals surface area (Å²) < 4.78 is 32.5. The first-order valence-corrected chi connectivity index (χ1v) is 29.8. The molecule has 0 saturated carbocycles. The van der Waals surface area contributed by atoms with E-state index in [1.54, 1.807) is 0 Å². The van der Waals surface area contributed by atoms with Gasteiger partial charge in [0.1, 0.15) is 12.2 Å². The first kappa shape index (κ1) is 51.4.